The first-order valence-corrected chi connectivity index (χ1v) is 9.24. The minimum atomic E-state index is 0.225. The lowest BCUT2D eigenvalue weighted by Gasteiger charge is -2.29. The molecule has 2 N–H and O–H groups in total. The van der Waals surface area contributed by atoms with E-state index in [4.69, 9.17) is 10.2 Å². The van der Waals surface area contributed by atoms with Crippen molar-refractivity contribution in [1.82, 2.24) is 0 Å². The molecular weight excluding hydrogens is 332 g/mol. The molecule has 0 bridgehead atoms. The molecule has 0 spiro atoms. The van der Waals surface area contributed by atoms with E-state index in [1.807, 2.05) is 18.2 Å². The topological polar surface area (TPSA) is 42.4 Å². The van der Waals surface area contributed by atoms with Crippen molar-refractivity contribution < 1.29 is 4.42 Å². The molecule has 3 nitrogen and oxygen atoms in total. The number of nitrogens with zero attached hydrogens (tertiary/aromatic N) is 1. The first-order chi connectivity index (χ1) is 13.3. The average Bonchev–Trinajstić information content (AvgIpc) is 3.22. The Morgan fingerprint density at radius 3 is 2.56 bits per heavy atom. The molecule has 0 radical (unpaired) electrons. The van der Waals surface area contributed by atoms with E-state index in [9.17, 15) is 0 Å². The second-order valence-electron chi connectivity index (χ2n) is 7.25. The zero-order valence-electron chi connectivity index (χ0n) is 14.7. The van der Waals surface area contributed by atoms with Crippen molar-refractivity contribution in [2.24, 2.45) is 5.73 Å². The van der Waals surface area contributed by atoms with Crippen LogP contribution in [0.2, 0.25) is 0 Å². The van der Waals surface area contributed by atoms with E-state index in [0.29, 0.717) is 0 Å². The van der Waals surface area contributed by atoms with Crippen LogP contribution in [0.15, 0.2) is 95.1 Å². The number of nitrogens with two attached hydrogens (primary N) is 1. The lowest BCUT2D eigenvalue weighted by atomic mass is 9.90. The molecular formula is C24H18N2O. The Morgan fingerprint density at radius 2 is 1.67 bits per heavy atom. The first kappa shape index (κ1) is 14.7. The number of hydrogen-bond acceptors (Lipinski definition) is 3. The minimum Gasteiger partial charge on any atom is -0.456 e. The summed E-state index contributed by atoms with van der Waals surface area (Å²) in [5.74, 6) is 0.225. The smallest absolute Gasteiger partial charge is 0.135 e. The van der Waals surface area contributed by atoms with E-state index >= 15 is 0 Å². The van der Waals surface area contributed by atoms with Crippen molar-refractivity contribution in [2.75, 3.05) is 4.90 Å². The molecule has 6 rings (SSSR count). The van der Waals surface area contributed by atoms with Gasteiger partial charge in [0.05, 0.1) is 6.04 Å². The highest BCUT2D eigenvalue weighted by atomic mass is 16.3. The summed E-state index contributed by atoms with van der Waals surface area (Å²) in [5, 5.41) is 2.31. The Balaban J connectivity index is 1.66. The lowest BCUT2D eigenvalue weighted by molar-refractivity contribution is 0.667. The van der Waals surface area contributed by atoms with Crippen molar-refractivity contribution in [3.63, 3.8) is 0 Å². The van der Waals surface area contributed by atoms with E-state index in [1.165, 1.54) is 16.9 Å². The maximum Gasteiger partial charge on any atom is 0.135 e. The monoisotopic (exact) mass is 350 g/mol. The van der Waals surface area contributed by atoms with Gasteiger partial charge in [-0.15, -0.1) is 0 Å². The predicted molar refractivity (Wildman–Crippen MR) is 110 cm³/mol. The largest absolute Gasteiger partial charge is 0.456 e. The summed E-state index contributed by atoms with van der Waals surface area (Å²) in [6.07, 6.45) is 6.40. The molecule has 0 amide bonds. The number of para-hydroxylation sites is 2. The van der Waals surface area contributed by atoms with Gasteiger partial charge in [0.25, 0.3) is 0 Å². The molecule has 130 valence electrons. The molecule has 2 unspecified atom stereocenters. The summed E-state index contributed by atoms with van der Waals surface area (Å²) in [4.78, 5) is 2.42. The van der Waals surface area contributed by atoms with Gasteiger partial charge in [0.2, 0.25) is 0 Å². The zero-order valence-corrected chi connectivity index (χ0v) is 14.7. The Kier molecular flexibility index (Phi) is 2.87. The van der Waals surface area contributed by atoms with Gasteiger partial charge in [0.1, 0.15) is 11.2 Å². The van der Waals surface area contributed by atoms with Gasteiger partial charge < -0.3 is 15.1 Å². The van der Waals surface area contributed by atoms with Crippen LogP contribution < -0.4 is 10.6 Å². The van der Waals surface area contributed by atoms with Crippen LogP contribution >= 0.6 is 0 Å². The molecule has 2 heterocycles. The molecule has 27 heavy (non-hydrogen) atoms. The van der Waals surface area contributed by atoms with Gasteiger partial charge in [-0.2, -0.15) is 0 Å². The lowest BCUT2D eigenvalue weighted by Crippen LogP contribution is -2.29. The third-order valence-corrected chi connectivity index (χ3v) is 5.70. The third kappa shape index (κ3) is 2.02. The van der Waals surface area contributed by atoms with Crippen LogP contribution in [0.1, 0.15) is 11.5 Å². The molecule has 1 aliphatic carbocycles. The second kappa shape index (κ2) is 5.27. The molecule has 0 saturated heterocycles. The van der Waals surface area contributed by atoms with Crippen molar-refractivity contribution in [3.8, 4) is 0 Å². The van der Waals surface area contributed by atoms with E-state index < -0.39 is 0 Å². The number of hydrogen-bond donors (Lipinski definition) is 1. The fourth-order valence-electron chi connectivity index (χ4n) is 4.52. The van der Waals surface area contributed by atoms with Crippen LogP contribution in [-0.4, -0.2) is 6.04 Å². The number of benzene rings is 3. The highest BCUT2D eigenvalue weighted by molar-refractivity contribution is 6.07. The molecule has 3 heteroatoms. The average molecular weight is 350 g/mol. The van der Waals surface area contributed by atoms with Gasteiger partial charge in [-0.25, -0.2) is 0 Å². The molecule has 2 aliphatic rings. The Hall–Kier alpha value is -3.46. The number of furan rings is 1. The number of allylic oxidation sites excluding steroid dienone is 1. The SMILES string of the molecule is NC1=CC2c3cc4oc5ccccc5c4cc3N(c3ccccc3)C2C=C1. The van der Waals surface area contributed by atoms with Crippen molar-refractivity contribution in [3.05, 3.63) is 96.2 Å². The molecule has 3 aromatic carbocycles. The number of fused-ring (bicyclic) bond motifs is 6. The minimum absolute atomic E-state index is 0.225. The maximum atomic E-state index is 6.14. The molecule has 4 aromatic rings. The summed E-state index contributed by atoms with van der Waals surface area (Å²) in [5.41, 5.74) is 12.5. The van der Waals surface area contributed by atoms with Crippen molar-refractivity contribution in [1.29, 1.82) is 0 Å². The van der Waals surface area contributed by atoms with Gasteiger partial charge in [-0.05, 0) is 42.0 Å². The molecule has 0 saturated carbocycles. The fraction of sp³-hybridized carbons (Fsp3) is 0.0833. The van der Waals surface area contributed by atoms with Crippen LogP contribution in [0.5, 0.6) is 0 Å². The summed E-state index contributed by atoms with van der Waals surface area (Å²) in [6, 6.07) is 23.5. The predicted octanol–water partition coefficient (Wildman–Crippen LogP) is 5.60. The van der Waals surface area contributed by atoms with E-state index in [1.54, 1.807) is 0 Å². The molecule has 1 aromatic heterocycles. The summed E-state index contributed by atoms with van der Waals surface area (Å²) >= 11 is 0. The Morgan fingerprint density at radius 1 is 0.852 bits per heavy atom. The van der Waals surface area contributed by atoms with Gasteiger partial charge in [-0.1, -0.05) is 48.6 Å². The quantitative estimate of drug-likeness (QED) is 0.486. The second-order valence-corrected chi connectivity index (χ2v) is 7.25. The molecule has 1 aliphatic heterocycles. The Bertz CT molecular complexity index is 1250. The van der Waals surface area contributed by atoms with E-state index in [2.05, 4.69) is 71.6 Å². The maximum absolute atomic E-state index is 6.14. The Labute approximate surface area is 157 Å². The van der Waals surface area contributed by atoms with Crippen molar-refractivity contribution in [2.45, 2.75) is 12.0 Å². The van der Waals surface area contributed by atoms with Gasteiger partial charge in [0.15, 0.2) is 0 Å². The van der Waals surface area contributed by atoms with Gasteiger partial charge in [-0.3, -0.25) is 0 Å². The highest BCUT2D eigenvalue weighted by Gasteiger charge is 2.38. The first-order valence-electron chi connectivity index (χ1n) is 9.24. The van der Waals surface area contributed by atoms with Crippen LogP contribution in [0.4, 0.5) is 11.4 Å². The highest BCUT2D eigenvalue weighted by Crippen LogP contribution is 2.50. The zero-order chi connectivity index (χ0) is 18.0. The normalized spacial score (nSPS) is 20.7. The van der Waals surface area contributed by atoms with Crippen LogP contribution in [-0.2, 0) is 0 Å². The van der Waals surface area contributed by atoms with Crippen LogP contribution in [0, 0.1) is 0 Å². The summed E-state index contributed by atoms with van der Waals surface area (Å²) in [6.45, 7) is 0. The van der Waals surface area contributed by atoms with E-state index in [-0.39, 0.29) is 12.0 Å². The number of anilines is 2. The van der Waals surface area contributed by atoms with E-state index in [0.717, 1.165) is 27.6 Å². The molecule has 0 fully saturated rings. The van der Waals surface area contributed by atoms with Crippen molar-refractivity contribution >= 4 is 33.3 Å². The van der Waals surface area contributed by atoms with Crippen LogP contribution in [0.25, 0.3) is 21.9 Å². The molecule has 2 atom stereocenters. The summed E-state index contributed by atoms with van der Waals surface area (Å²) in [7, 11) is 0. The van der Waals surface area contributed by atoms with Gasteiger partial charge in [0, 0.05) is 33.8 Å². The standard InChI is InChI=1S/C24H18N2O/c25-15-10-11-21-18(12-15)19-14-24-20(17-8-4-5-9-23(17)27-24)13-22(19)26(21)16-6-2-1-3-7-16/h1-14,18,21H,25H2. The van der Waals surface area contributed by atoms with Gasteiger partial charge >= 0.3 is 0 Å². The fourth-order valence-corrected chi connectivity index (χ4v) is 4.52. The number of rotatable bonds is 1. The van der Waals surface area contributed by atoms with Crippen LogP contribution in [0.3, 0.4) is 0 Å². The third-order valence-electron chi connectivity index (χ3n) is 5.70. The summed E-state index contributed by atoms with van der Waals surface area (Å²) < 4.78 is 6.14.